The van der Waals surface area contributed by atoms with Crippen molar-refractivity contribution < 1.29 is 9.18 Å². The predicted octanol–water partition coefficient (Wildman–Crippen LogP) is 5.31. The van der Waals surface area contributed by atoms with Gasteiger partial charge in [-0.25, -0.2) is 9.82 Å². The molecule has 0 saturated carbocycles. The third kappa shape index (κ3) is 4.24. The van der Waals surface area contributed by atoms with E-state index in [4.69, 9.17) is 0 Å². The van der Waals surface area contributed by atoms with E-state index < -0.39 is 11.7 Å². The Morgan fingerprint density at radius 2 is 1.93 bits per heavy atom. The van der Waals surface area contributed by atoms with Gasteiger partial charge in [-0.2, -0.15) is 5.10 Å². The summed E-state index contributed by atoms with van der Waals surface area (Å²) in [7, 11) is 0. The summed E-state index contributed by atoms with van der Waals surface area (Å²) in [5.41, 5.74) is 8.25. The fourth-order valence-electron chi connectivity index (χ4n) is 4.15. The maximum Gasteiger partial charge on any atom is 0.271 e. The molecule has 0 spiro atoms. The molecule has 3 rings (SSSR count). The van der Waals surface area contributed by atoms with E-state index in [0.717, 1.165) is 11.1 Å². The number of amides is 1. The van der Waals surface area contributed by atoms with Crippen molar-refractivity contribution in [3.05, 3.63) is 70.5 Å². The molecule has 4 nitrogen and oxygen atoms in total. The Labute approximate surface area is 172 Å². The highest BCUT2D eigenvalue weighted by molar-refractivity contribution is 5.95. The molecule has 0 unspecified atom stereocenters. The summed E-state index contributed by atoms with van der Waals surface area (Å²) in [5.74, 6) is -0.896. The van der Waals surface area contributed by atoms with Gasteiger partial charge in [0.15, 0.2) is 0 Å². The molecule has 0 bridgehead atoms. The van der Waals surface area contributed by atoms with Gasteiger partial charge in [-0.1, -0.05) is 12.1 Å². The molecule has 1 N–H and O–H groups in total. The third-order valence-electron chi connectivity index (χ3n) is 5.23. The Balaban J connectivity index is 1.88. The van der Waals surface area contributed by atoms with E-state index in [1.54, 1.807) is 12.3 Å². The van der Waals surface area contributed by atoms with Gasteiger partial charge in [0.25, 0.3) is 5.91 Å². The smallest absolute Gasteiger partial charge is 0.271 e. The van der Waals surface area contributed by atoms with Crippen molar-refractivity contribution in [1.82, 2.24) is 5.43 Å². The number of hydrogen-bond donors (Lipinski definition) is 1. The van der Waals surface area contributed by atoms with Gasteiger partial charge in [0.2, 0.25) is 0 Å². The first-order valence-electron chi connectivity index (χ1n) is 9.83. The zero-order valence-corrected chi connectivity index (χ0v) is 17.9. The maximum atomic E-state index is 13.3. The van der Waals surface area contributed by atoms with Gasteiger partial charge < -0.3 is 4.90 Å². The van der Waals surface area contributed by atoms with Crippen LogP contribution in [-0.4, -0.2) is 23.7 Å². The molecule has 1 amide bonds. The van der Waals surface area contributed by atoms with Gasteiger partial charge in [0, 0.05) is 22.9 Å². The molecule has 1 heterocycles. The first-order valence-corrected chi connectivity index (χ1v) is 9.83. The molecule has 0 aliphatic carbocycles. The first-order chi connectivity index (χ1) is 13.6. The monoisotopic (exact) mass is 393 g/mol. The van der Waals surface area contributed by atoms with Crippen LogP contribution in [0.15, 0.2) is 47.6 Å². The summed E-state index contributed by atoms with van der Waals surface area (Å²) in [6.07, 6.45) is 3.93. The second kappa shape index (κ2) is 7.82. The van der Waals surface area contributed by atoms with Crippen molar-refractivity contribution in [1.29, 1.82) is 0 Å². The summed E-state index contributed by atoms with van der Waals surface area (Å²) in [6.45, 7) is 13.0. The van der Waals surface area contributed by atoms with Crippen LogP contribution >= 0.6 is 0 Å². The standard InChI is InChI=1S/C24H28FN3O/c1-15(2)28-22-10-16(3)19(12-21(22)17(4)13-24(28,5)6)14-26-27-23(29)18-8-7-9-20(25)11-18/h7-15H,1-6H3,(H,27,29)/b26-14-. The van der Waals surface area contributed by atoms with Crippen LogP contribution in [0.4, 0.5) is 10.1 Å². The largest absolute Gasteiger partial charge is 0.360 e. The van der Waals surface area contributed by atoms with E-state index in [1.807, 2.05) is 6.92 Å². The third-order valence-corrected chi connectivity index (χ3v) is 5.23. The molecule has 2 aromatic rings. The molecule has 0 saturated heterocycles. The number of anilines is 1. The average Bonchev–Trinajstić information content (AvgIpc) is 2.61. The zero-order valence-electron chi connectivity index (χ0n) is 17.9. The van der Waals surface area contributed by atoms with Crippen LogP contribution in [0.3, 0.4) is 0 Å². The minimum absolute atomic E-state index is 0.0633. The average molecular weight is 394 g/mol. The van der Waals surface area contributed by atoms with E-state index in [2.05, 4.69) is 68.3 Å². The number of fused-ring (bicyclic) bond motifs is 1. The number of nitrogens with one attached hydrogen (secondary N) is 1. The summed E-state index contributed by atoms with van der Waals surface area (Å²) < 4.78 is 13.3. The van der Waals surface area contributed by atoms with Gasteiger partial charge in [-0.3, -0.25) is 4.79 Å². The van der Waals surface area contributed by atoms with Crippen LogP contribution in [0.1, 0.15) is 61.7 Å². The van der Waals surface area contributed by atoms with Crippen LogP contribution in [0, 0.1) is 12.7 Å². The summed E-state index contributed by atoms with van der Waals surface area (Å²) >= 11 is 0. The fourth-order valence-corrected chi connectivity index (χ4v) is 4.15. The van der Waals surface area contributed by atoms with Gasteiger partial charge in [0.1, 0.15) is 5.82 Å². The SMILES string of the molecule is CC1=CC(C)(C)N(C(C)C)c2cc(C)c(/C=N\NC(=O)c3cccc(F)c3)cc21. The second-order valence-electron chi connectivity index (χ2n) is 8.38. The van der Waals surface area contributed by atoms with Crippen molar-refractivity contribution in [2.45, 2.75) is 53.1 Å². The summed E-state index contributed by atoms with van der Waals surface area (Å²) in [6, 6.07) is 10.2. The normalized spacial score (nSPS) is 15.4. The highest BCUT2D eigenvalue weighted by Gasteiger charge is 2.33. The van der Waals surface area contributed by atoms with Crippen LogP contribution < -0.4 is 10.3 Å². The van der Waals surface area contributed by atoms with Crippen LogP contribution in [-0.2, 0) is 0 Å². The molecular weight excluding hydrogens is 365 g/mol. The number of rotatable bonds is 4. The molecule has 2 aromatic carbocycles. The molecule has 1 aliphatic heterocycles. The number of carbonyl (C=O) groups excluding carboxylic acids is 1. The Bertz CT molecular complexity index is 1010. The van der Waals surface area contributed by atoms with Crippen molar-refractivity contribution >= 4 is 23.4 Å². The quantitative estimate of drug-likeness (QED) is 0.565. The van der Waals surface area contributed by atoms with Gasteiger partial charge in [0.05, 0.1) is 11.8 Å². The molecule has 0 atom stereocenters. The summed E-state index contributed by atoms with van der Waals surface area (Å²) in [4.78, 5) is 14.6. The Morgan fingerprint density at radius 1 is 1.21 bits per heavy atom. The molecule has 0 aromatic heterocycles. The fraction of sp³-hybridized carbons (Fsp3) is 0.333. The minimum atomic E-state index is -0.452. The predicted molar refractivity (Wildman–Crippen MR) is 118 cm³/mol. The summed E-state index contributed by atoms with van der Waals surface area (Å²) in [5, 5.41) is 4.09. The Hall–Kier alpha value is -2.95. The Morgan fingerprint density at radius 3 is 2.59 bits per heavy atom. The topological polar surface area (TPSA) is 44.7 Å². The molecule has 0 fully saturated rings. The van der Waals surface area contributed by atoms with Crippen LogP contribution in [0.2, 0.25) is 0 Å². The molecular formula is C24H28FN3O. The lowest BCUT2D eigenvalue weighted by atomic mass is 9.86. The van der Waals surface area contributed by atoms with Gasteiger partial charge >= 0.3 is 0 Å². The minimum Gasteiger partial charge on any atom is -0.360 e. The number of nitrogens with zero attached hydrogens (tertiary/aromatic N) is 2. The van der Waals surface area contributed by atoms with Crippen LogP contribution in [0.25, 0.3) is 5.57 Å². The van der Waals surface area contributed by atoms with Crippen molar-refractivity contribution in [2.75, 3.05) is 4.90 Å². The van der Waals surface area contributed by atoms with E-state index in [1.165, 1.54) is 35.0 Å². The van der Waals surface area contributed by atoms with Crippen LogP contribution in [0.5, 0.6) is 0 Å². The lowest BCUT2D eigenvalue weighted by Gasteiger charge is -2.46. The molecule has 1 aliphatic rings. The number of allylic oxidation sites excluding steroid dienone is 1. The van der Waals surface area contributed by atoms with E-state index >= 15 is 0 Å². The number of hydrazone groups is 1. The lowest BCUT2D eigenvalue weighted by Crippen LogP contribution is -2.49. The molecule has 5 heteroatoms. The number of aryl methyl sites for hydroxylation is 1. The highest BCUT2D eigenvalue weighted by Crippen LogP contribution is 2.41. The highest BCUT2D eigenvalue weighted by atomic mass is 19.1. The van der Waals surface area contributed by atoms with Gasteiger partial charge in [-0.05, 0) is 88.6 Å². The zero-order chi connectivity index (χ0) is 21.3. The van der Waals surface area contributed by atoms with E-state index in [0.29, 0.717) is 6.04 Å². The molecule has 29 heavy (non-hydrogen) atoms. The van der Waals surface area contributed by atoms with Crippen molar-refractivity contribution in [2.24, 2.45) is 5.10 Å². The number of benzene rings is 2. The van der Waals surface area contributed by atoms with E-state index in [-0.39, 0.29) is 11.1 Å². The lowest BCUT2D eigenvalue weighted by molar-refractivity contribution is 0.0954. The number of halogens is 1. The van der Waals surface area contributed by atoms with Crippen molar-refractivity contribution in [3.63, 3.8) is 0 Å². The Kier molecular flexibility index (Phi) is 5.60. The number of hydrogen-bond acceptors (Lipinski definition) is 3. The maximum absolute atomic E-state index is 13.3. The van der Waals surface area contributed by atoms with E-state index in [9.17, 15) is 9.18 Å². The molecule has 152 valence electrons. The second-order valence-corrected chi connectivity index (χ2v) is 8.38. The van der Waals surface area contributed by atoms with Crippen molar-refractivity contribution in [3.8, 4) is 0 Å². The first kappa shape index (κ1) is 20.8. The number of carbonyl (C=O) groups is 1. The van der Waals surface area contributed by atoms with Gasteiger partial charge in [-0.15, -0.1) is 0 Å². The molecule has 0 radical (unpaired) electrons.